The van der Waals surface area contributed by atoms with Crippen LogP contribution >= 0.6 is 0 Å². The van der Waals surface area contributed by atoms with Crippen molar-refractivity contribution in [3.05, 3.63) is 29.6 Å². The first-order valence-corrected chi connectivity index (χ1v) is 7.22. The van der Waals surface area contributed by atoms with Crippen LogP contribution in [-0.2, 0) is 11.0 Å². The van der Waals surface area contributed by atoms with Crippen molar-refractivity contribution in [1.82, 2.24) is 4.90 Å². The van der Waals surface area contributed by atoms with Crippen molar-refractivity contribution < 1.29 is 32.3 Å². The molecular weight excluding hydrogens is 332 g/mol. The molecule has 130 valence electrons. The quantitative estimate of drug-likeness (QED) is 0.807. The summed E-state index contributed by atoms with van der Waals surface area (Å²) in [7, 11) is 0. The van der Waals surface area contributed by atoms with Crippen LogP contribution in [0.15, 0.2) is 18.2 Å². The van der Waals surface area contributed by atoms with Crippen molar-refractivity contribution in [1.29, 1.82) is 0 Å². The van der Waals surface area contributed by atoms with Crippen LogP contribution in [0.3, 0.4) is 0 Å². The van der Waals surface area contributed by atoms with E-state index in [0.29, 0.717) is 12.5 Å². The lowest BCUT2D eigenvalue weighted by Gasteiger charge is -2.24. The molecule has 3 rings (SSSR count). The Bertz CT molecular complexity index is 721. The van der Waals surface area contributed by atoms with Crippen molar-refractivity contribution in [2.24, 2.45) is 5.41 Å². The molecule has 3 unspecified atom stereocenters. The van der Waals surface area contributed by atoms with E-state index in [-0.39, 0.29) is 17.9 Å². The number of piperidine rings is 1. The zero-order valence-corrected chi connectivity index (χ0v) is 12.5. The van der Waals surface area contributed by atoms with Gasteiger partial charge in [-0.1, -0.05) is 13.0 Å². The normalized spacial score (nSPS) is 28.5. The number of anilines is 1. The van der Waals surface area contributed by atoms with E-state index in [2.05, 4.69) is 5.32 Å². The highest BCUT2D eigenvalue weighted by Gasteiger charge is 2.64. The molecule has 0 bridgehead atoms. The number of carbonyl (C=O) groups is 2. The highest BCUT2D eigenvalue weighted by molar-refractivity contribution is 5.97. The fraction of sp³-hybridized carbons (Fsp3) is 0.467. The van der Waals surface area contributed by atoms with Gasteiger partial charge in [0.25, 0.3) is 0 Å². The SMILES string of the molecule is CC12CC(C(=O)Nc3cccc(C(F)(F)F)c3F)N(C(=O)O)C1C2. The third-order valence-corrected chi connectivity index (χ3v) is 4.72. The Morgan fingerprint density at radius 3 is 2.58 bits per heavy atom. The highest BCUT2D eigenvalue weighted by Crippen LogP contribution is 2.59. The summed E-state index contributed by atoms with van der Waals surface area (Å²) < 4.78 is 52.1. The number of amides is 2. The average Bonchev–Trinajstić information content (AvgIpc) is 3.00. The molecule has 5 nitrogen and oxygen atoms in total. The first kappa shape index (κ1) is 16.5. The Labute approximate surface area is 134 Å². The van der Waals surface area contributed by atoms with Gasteiger partial charge in [-0.3, -0.25) is 9.69 Å². The van der Waals surface area contributed by atoms with E-state index >= 15 is 0 Å². The number of benzene rings is 1. The number of carboxylic acid groups (broad SMARTS) is 1. The summed E-state index contributed by atoms with van der Waals surface area (Å²) in [4.78, 5) is 24.6. The van der Waals surface area contributed by atoms with Crippen LogP contribution in [0.2, 0.25) is 0 Å². The molecular formula is C15H14F4N2O3. The molecule has 1 aliphatic heterocycles. The van der Waals surface area contributed by atoms with Gasteiger partial charge in [-0.05, 0) is 30.4 Å². The number of rotatable bonds is 2. The number of hydrogen-bond acceptors (Lipinski definition) is 2. The van der Waals surface area contributed by atoms with Crippen molar-refractivity contribution in [2.45, 2.75) is 38.0 Å². The van der Waals surface area contributed by atoms with E-state index in [9.17, 15) is 32.3 Å². The maximum atomic E-state index is 14.0. The molecule has 1 aliphatic carbocycles. The van der Waals surface area contributed by atoms with Gasteiger partial charge in [0.1, 0.15) is 6.04 Å². The Morgan fingerprint density at radius 1 is 1.33 bits per heavy atom. The minimum Gasteiger partial charge on any atom is -0.465 e. The van der Waals surface area contributed by atoms with E-state index in [1.807, 2.05) is 6.92 Å². The third kappa shape index (κ3) is 2.57. The van der Waals surface area contributed by atoms with Crippen LogP contribution in [-0.4, -0.2) is 34.1 Å². The molecule has 24 heavy (non-hydrogen) atoms. The van der Waals surface area contributed by atoms with Crippen LogP contribution < -0.4 is 5.32 Å². The van der Waals surface area contributed by atoms with Crippen molar-refractivity contribution in [3.8, 4) is 0 Å². The Hall–Kier alpha value is -2.32. The van der Waals surface area contributed by atoms with Crippen molar-refractivity contribution in [3.63, 3.8) is 0 Å². The highest BCUT2D eigenvalue weighted by atomic mass is 19.4. The molecule has 1 aromatic carbocycles. The lowest BCUT2D eigenvalue weighted by Crippen LogP contribution is -2.45. The maximum Gasteiger partial charge on any atom is 0.419 e. The minimum atomic E-state index is -4.89. The number of likely N-dealkylation sites (tertiary alicyclic amines) is 1. The maximum absolute atomic E-state index is 14.0. The smallest absolute Gasteiger partial charge is 0.419 e. The molecule has 1 saturated carbocycles. The second-order valence-corrected chi connectivity index (χ2v) is 6.44. The van der Waals surface area contributed by atoms with Gasteiger partial charge in [0.15, 0.2) is 5.82 Å². The van der Waals surface area contributed by atoms with E-state index in [4.69, 9.17) is 0 Å². The molecule has 9 heteroatoms. The van der Waals surface area contributed by atoms with Gasteiger partial charge in [0.05, 0.1) is 11.3 Å². The molecule has 1 saturated heterocycles. The van der Waals surface area contributed by atoms with Crippen LogP contribution in [0.1, 0.15) is 25.3 Å². The number of halogens is 4. The number of fused-ring (bicyclic) bond motifs is 1. The summed E-state index contributed by atoms with van der Waals surface area (Å²) >= 11 is 0. The van der Waals surface area contributed by atoms with E-state index in [1.165, 1.54) is 0 Å². The predicted molar refractivity (Wildman–Crippen MR) is 74.8 cm³/mol. The van der Waals surface area contributed by atoms with Crippen LogP contribution in [0.5, 0.6) is 0 Å². The molecule has 2 aliphatic rings. The molecule has 3 atom stereocenters. The van der Waals surface area contributed by atoms with E-state index in [1.54, 1.807) is 0 Å². The van der Waals surface area contributed by atoms with Gasteiger partial charge in [-0.15, -0.1) is 0 Å². The van der Waals surface area contributed by atoms with Gasteiger partial charge in [0, 0.05) is 6.04 Å². The second-order valence-electron chi connectivity index (χ2n) is 6.44. The molecule has 0 spiro atoms. The van der Waals surface area contributed by atoms with Crippen LogP contribution in [0.4, 0.5) is 28.0 Å². The van der Waals surface area contributed by atoms with Crippen molar-refractivity contribution >= 4 is 17.7 Å². The fourth-order valence-corrected chi connectivity index (χ4v) is 3.34. The molecule has 2 N–H and O–H groups in total. The van der Waals surface area contributed by atoms with E-state index < -0.39 is 41.3 Å². The van der Waals surface area contributed by atoms with Gasteiger partial charge >= 0.3 is 12.3 Å². The van der Waals surface area contributed by atoms with Crippen molar-refractivity contribution in [2.75, 3.05) is 5.32 Å². The summed E-state index contributed by atoms with van der Waals surface area (Å²) in [5, 5.41) is 11.3. The van der Waals surface area contributed by atoms with Crippen LogP contribution in [0.25, 0.3) is 0 Å². The zero-order valence-electron chi connectivity index (χ0n) is 12.5. The number of alkyl halides is 3. The summed E-state index contributed by atoms with van der Waals surface area (Å²) in [6.07, 6.45) is -5.26. The van der Waals surface area contributed by atoms with Gasteiger partial charge in [-0.2, -0.15) is 13.2 Å². The summed E-state index contributed by atoms with van der Waals surface area (Å²) in [5.74, 6) is -2.42. The second kappa shape index (κ2) is 5.09. The number of nitrogens with zero attached hydrogens (tertiary/aromatic N) is 1. The number of hydrogen-bond donors (Lipinski definition) is 2. The summed E-state index contributed by atoms with van der Waals surface area (Å²) in [6.45, 7) is 1.84. The van der Waals surface area contributed by atoms with Gasteiger partial charge in [0.2, 0.25) is 5.91 Å². The Kier molecular flexibility index (Phi) is 3.50. The van der Waals surface area contributed by atoms with Gasteiger partial charge < -0.3 is 10.4 Å². The molecule has 2 fully saturated rings. The largest absolute Gasteiger partial charge is 0.465 e. The number of carbonyl (C=O) groups excluding carboxylic acids is 1. The zero-order chi connectivity index (χ0) is 17.9. The Morgan fingerprint density at radius 2 is 2.00 bits per heavy atom. The lowest BCUT2D eigenvalue weighted by molar-refractivity contribution is -0.140. The lowest BCUT2D eigenvalue weighted by atomic mass is 10.0. The van der Waals surface area contributed by atoms with Gasteiger partial charge in [-0.25, -0.2) is 9.18 Å². The topological polar surface area (TPSA) is 69.6 Å². The molecule has 1 heterocycles. The summed E-state index contributed by atoms with van der Waals surface area (Å²) in [5.41, 5.74) is -2.41. The standard InChI is InChI=1S/C15H14F4N2O3/c1-14-5-9(21(13(23)24)10(14)6-14)12(22)20-8-4-2-3-7(11(8)16)15(17,18)19/h2-4,9-10H,5-6H2,1H3,(H,20,22)(H,23,24). The third-order valence-electron chi connectivity index (χ3n) is 4.72. The monoisotopic (exact) mass is 346 g/mol. The average molecular weight is 346 g/mol. The minimum absolute atomic E-state index is 0.260. The van der Waals surface area contributed by atoms with Crippen LogP contribution in [0, 0.1) is 11.2 Å². The molecule has 0 aromatic heterocycles. The summed E-state index contributed by atoms with van der Waals surface area (Å²) in [6, 6.07) is 1.23. The first-order chi connectivity index (χ1) is 11.0. The molecule has 1 aromatic rings. The first-order valence-electron chi connectivity index (χ1n) is 7.22. The molecule has 2 amide bonds. The fourth-order valence-electron chi connectivity index (χ4n) is 3.34. The predicted octanol–water partition coefficient (Wildman–Crippen LogP) is 3.31. The number of nitrogens with one attached hydrogen (secondary N) is 1. The Balaban J connectivity index is 1.82. The molecule has 0 radical (unpaired) electrons. The van der Waals surface area contributed by atoms with E-state index in [0.717, 1.165) is 17.0 Å².